The van der Waals surface area contributed by atoms with Gasteiger partial charge in [0, 0.05) is 24.7 Å². The molecule has 26 heavy (non-hydrogen) atoms. The lowest BCUT2D eigenvalue weighted by molar-refractivity contribution is -0.384. The Hall–Kier alpha value is -2.88. The summed E-state index contributed by atoms with van der Waals surface area (Å²) in [7, 11) is 1.62. The van der Waals surface area contributed by atoms with Gasteiger partial charge in [-0.1, -0.05) is 12.1 Å². The summed E-state index contributed by atoms with van der Waals surface area (Å²) in [5, 5.41) is 19.0. The molecule has 0 saturated carbocycles. The number of non-ortho nitro benzene ring substituents is 1. The molecule has 0 fully saturated rings. The first-order valence-corrected chi connectivity index (χ1v) is 7.68. The number of alkyl halides is 3. The predicted octanol–water partition coefficient (Wildman–Crippen LogP) is 4.36. The van der Waals surface area contributed by atoms with E-state index in [-0.39, 0.29) is 22.0 Å². The molecule has 0 atom stereocenters. The van der Waals surface area contributed by atoms with Crippen molar-refractivity contribution in [3.8, 4) is 22.5 Å². The van der Waals surface area contributed by atoms with Crippen molar-refractivity contribution in [2.45, 2.75) is 11.3 Å². The Morgan fingerprint density at radius 3 is 2.42 bits per heavy atom. The number of aromatic nitrogens is 3. The van der Waals surface area contributed by atoms with Gasteiger partial charge < -0.3 is 4.57 Å². The van der Waals surface area contributed by atoms with Crippen LogP contribution < -0.4 is 0 Å². The number of hydrogen-bond donors (Lipinski definition) is 1. The van der Waals surface area contributed by atoms with Crippen molar-refractivity contribution in [3.05, 3.63) is 58.1 Å². The normalized spacial score (nSPS) is 11.6. The van der Waals surface area contributed by atoms with E-state index in [1.54, 1.807) is 7.05 Å². The molecular formula is C16H11F3N4O2S. The number of benzene rings is 2. The minimum Gasteiger partial charge on any atom is -0.305 e. The maximum Gasteiger partial charge on any atom is 0.416 e. The van der Waals surface area contributed by atoms with Gasteiger partial charge in [-0.3, -0.25) is 10.1 Å². The summed E-state index contributed by atoms with van der Waals surface area (Å²) >= 11 is 4.12. The highest BCUT2D eigenvalue weighted by Crippen LogP contribution is 2.38. The number of hydrogen-bond acceptors (Lipinski definition) is 5. The second-order valence-corrected chi connectivity index (χ2v) is 5.85. The number of thiol groups is 1. The minimum atomic E-state index is -4.55. The van der Waals surface area contributed by atoms with Gasteiger partial charge in [-0.2, -0.15) is 13.2 Å². The summed E-state index contributed by atoms with van der Waals surface area (Å²) in [6.07, 6.45) is -4.55. The Bertz CT molecular complexity index is 1000. The Kier molecular flexibility index (Phi) is 4.45. The maximum atomic E-state index is 13.2. The van der Waals surface area contributed by atoms with E-state index in [9.17, 15) is 23.3 Å². The van der Waals surface area contributed by atoms with Crippen molar-refractivity contribution < 1.29 is 18.1 Å². The molecule has 2 aromatic carbocycles. The fraction of sp³-hybridized carbons (Fsp3) is 0.125. The third kappa shape index (κ3) is 3.27. The number of rotatable bonds is 3. The lowest BCUT2D eigenvalue weighted by Crippen LogP contribution is -2.06. The fourth-order valence-corrected chi connectivity index (χ4v) is 2.64. The van der Waals surface area contributed by atoms with Gasteiger partial charge in [0.1, 0.15) is 0 Å². The Morgan fingerprint density at radius 2 is 1.85 bits per heavy atom. The highest BCUT2D eigenvalue weighted by molar-refractivity contribution is 7.80. The van der Waals surface area contributed by atoms with Gasteiger partial charge in [-0.05, 0) is 29.3 Å². The van der Waals surface area contributed by atoms with Gasteiger partial charge in [0.2, 0.25) is 0 Å². The molecule has 1 heterocycles. The van der Waals surface area contributed by atoms with E-state index in [4.69, 9.17) is 0 Å². The first-order valence-electron chi connectivity index (χ1n) is 7.23. The predicted molar refractivity (Wildman–Crippen MR) is 90.8 cm³/mol. The lowest BCUT2D eigenvalue weighted by atomic mass is 9.96. The summed E-state index contributed by atoms with van der Waals surface area (Å²) in [5.74, 6) is 0.297. The van der Waals surface area contributed by atoms with Crippen LogP contribution in [0.4, 0.5) is 18.9 Å². The summed E-state index contributed by atoms with van der Waals surface area (Å²) in [6, 6.07) is 8.56. The molecular weight excluding hydrogens is 369 g/mol. The number of nitro groups is 1. The van der Waals surface area contributed by atoms with Crippen molar-refractivity contribution in [1.82, 2.24) is 14.8 Å². The average Bonchev–Trinajstić information content (AvgIpc) is 2.93. The van der Waals surface area contributed by atoms with Crippen LogP contribution in [0.15, 0.2) is 47.6 Å². The van der Waals surface area contributed by atoms with Gasteiger partial charge in [-0.15, -0.1) is 22.8 Å². The molecule has 1 aromatic heterocycles. The van der Waals surface area contributed by atoms with Crippen LogP contribution in [0.25, 0.3) is 22.5 Å². The van der Waals surface area contributed by atoms with Crippen LogP contribution in [0, 0.1) is 10.1 Å². The second-order valence-electron chi connectivity index (χ2n) is 5.45. The second kappa shape index (κ2) is 6.45. The molecule has 0 aliphatic carbocycles. The van der Waals surface area contributed by atoms with Crippen molar-refractivity contribution >= 4 is 18.3 Å². The minimum absolute atomic E-state index is 0.160. The maximum absolute atomic E-state index is 13.2. The summed E-state index contributed by atoms with van der Waals surface area (Å²) < 4.78 is 41.0. The van der Waals surface area contributed by atoms with E-state index in [0.29, 0.717) is 11.4 Å². The highest BCUT2D eigenvalue weighted by atomic mass is 32.1. The monoisotopic (exact) mass is 380 g/mol. The quantitative estimate of drug-likeness (QED) is 0.416. The van der Waals surface area contributed by atoms with Gasteiger partial charge in [-0.25, -0.2) is 0 Å². The van der Waals surface area contributed by atoms with Crippen molar-refractivity contribution in [2.75, 3.05) is 0 Å². The van der Waals surface area contributed by atoms with Gasteiger partial charge in [0.05, 0.1) is 10.5 Å². The molecule has 0 amide bonds. The molecule has 0 radical (unpaired) electrons. The number of nitrogens with zero attached hydrogens (tertiary/aromatic N) is 4. The third-order valence-corrected chi connectivity index (χ3v) is 4.20. The molecule has 134 valence electrons. The zero-order valence-corrected chi connectivity index (χ0v) is 14.1. The van der Waals surface area contributed by atoms with Crippen LogP contribution in [0.1, 0.15) is 5.56 Å². The van der Waals surface area contributed by atoms with Crippen LogP contribution in [0.2, 0.25) is 0 Å². The Morgan fingerprint density at radius 1 is 1.12 bits per heavy atom. The Balaban J connectivity index is 2.28. The molecule has 0 aliphatic heterocycles. The van der Waals surface area contributed by atoms with E-state index >= 15 is 0 Å². The zero-order valence-electron chi connectivity index (χ0n) is 13.2. The van der Waals surface area contributed by atoms with Crippen LogP contribution in [0.5, 0.6) is 0 Å². The van der Waals surface area contributed by atoms with Crippen molar-refractivity contribution in [1.29, 1.82) is 0 Å². The third-order valence-electron chi connectivity index (χ3n) is 3.81. The Labute approximate surface area is 150 Å². The fourth-order valence-electron chi connectivity index (χ4n) is 2.50. The van der Waals surface area contributed by atoms with Crippen LogP contribution >= 0.6 is 12.6 Å². The molecule has 0 bridgehead atoms. The zero-order chi connectivity index (χ0) is 19.1. The number of halogens is 3. The lowest BCUT2D eigenvalue weighted by Gasteiger charge is -2.13. The molecule has 0 aliphatic rings. The summed E-state index contributed by atoms with van der Waals surface area (Å²) in [6.45, 7) is 0. The SMILES string of the molecule is Cn1c(S)nnc1-c1ccc(C(F)(F)F)cc1-c1cccc([N+](=O)[O-])c1. The van der Waals surface area contributed by atoms with E-state index in [1.165, 1.54) is 34.9 Å². The highest BCUT2D eigenvalue weighted by Gasteiger charge is 2.31. The van der Waals surface area contributed by atoms with Gasteiger partial charge >= 0.3 is 6.18 Å². The first kappa shape index (κ1) is 17.9. The van der Waals surface area contributed by atoms with Crippen molar-refractivity contribution in [3.63, 3.8) is 0 Å². The van der Waals surface area contributed by atoms with Gasteiger partial charge in [0.15, 0.2) is 11.0 Å². The van der Waals surface area contributed by atoms with Gasteiger partial charge in [0.25, 0.3) is 5.69 Å². The molecule has 0 saturated heterocycles. The van der Waals surface area contributed by atoms with Crippen LogP contribution in [-0.2, 0) is 13.2 Å². The molecule has 0 N–H and O–H groups in total. The topological polar surface area (TPSA) is 73.8 Å². The van der Waals surface area contributed by atoms with E-state index in [2.05, 4.69) is 22.8 Å². The molecule has 0 spiro atoms. The largest absolute Gasteiger partial charge is 0.416 e. The molecule has 6 nitrogen and oxygen atoms in total. The van der Waals surface area contributed by atoms with Crippen molar-refractivity contribution in [2.24, 2.45) is 7.05 Å². The van der Waals surface area contributed by atoms with Crippen LogP contribution in [0.3, 0.4) is 0 Å². The summed E-state index contributed by atoms with van der Waals surface area (Å²) in [5.41, 5.74) is -0.306. The van der Waals surface area contributed by atoms with E-state index in [1.807, 2.05) is 0 Å². The van der Waals surface area contributed by atoms with E-state index < -0.39 is 16.7 Å². The summed E-state index contributed by atoms with van der Waals surface area (Å²) in [4.78, 5) is 10.4. The first-order chi connectivity index (χ1) is 12.2. The average molecular weight is 380 g/mol. The smallest absolute Gasteiger partial charge is 0.305 e. The standard InChI is InChI=1S/C16H11F3N4O2S/c1-22-14(20-21-15(22)26)12-6-5-10(16(17,18)19)8-13(12)9-3-2-4-11(7-9)23(24)25/h2-8H,1H3,(H,21,26). The molecule has 3 rings (SSSR count). The number of nitro benzene ring substituents is 1. The molecule has 10 heteroatoms. The molecule has 3 aromatic rings. The molecule has 0 unspecified atom stereocenters. The van der Waals surface area contributed by atoms with Crippen LogP contribution in [-0.4, -0.2) is 19.7 Å². The van der Waals surface area contributed by atoms with E-state index in [0.717, 1.165) is 12.1 Å².